The van der Waals surface area contributed by atoms with Gasteiger partial charge in [-0.1, -0.05) is 0 Å². The number of benzene rings is 1. The third-order valence-corrected chi connectivity index (χ3v) is 5.79. The third kappa shape index (κ3) is 4.96. The summed E-state index contributed by atoms with van der Waals surface area (Å²) in [6.45, 7) is 1.83. The van der Waals surface area contributed by atoms with Gasteiger partial charge in [0.15, 0.2) is 11.6 Å². The maximum absolute atomic E-state index is 14.8. The van der Waals surface area contributed by atoms with Gasteiger partial charge in [0.05, 0.1) is 16.9 Å². The van der Waals surface area contributed by atoms with Gasteiger partial charge in [-0.15, -0.1) is 0 Å². The van der Waals surface area contributed by atoms with Crippen molar-refractivity contribution in [1.29, 1.82) is 0 Å². The molecular weight excluding hydrogens is 442 g/mol. The number of piperidine rings is 1. The van der Waals surface area contributed by atoms with Crippen LogP contribution in [0.4, 0.5) is 20.4 Å². The highest BCUT2D eigenvalue weighted by atomic mass is 19.2. The van der Waals surface area contributed by atoms with Crippen LogP contribution >= 0.6 is 0 Å². The van der Waals surface area contributed by atoms with Crippen molar-refractivity contribution in [1.82, 2.24) is 20.3 Å². The zero-order valence-corrected chi connectivity index (χ0v) is 18.4. The van der Waals surface area contributed by atoms with E-state index in [2.05, 4.69) is 30.9 Å². The van der Waals surface area contributed by atoms with Crippen molar-refractivity contribution in [2.24, 2.45) is 5.92 Å². The van der Waals surface area contributed by atoms with E-state index in [4.69, 9.17) is 4.74 Å². The number of nitrogens with zero attached hydrogens (tertiary/aromatic N) is 3. The minimum absolute atomic E-state index is 0.0690. The van der Waals surface area contributed by atoms with E-state index in [1.165, 1.54) is 18.3 Å². The van der Waals surface area contributed by atoms with Gasteiger partial charge in [0.1, 0.15) is 0 Å². The van der Waals surface area contributed by atoms with Crippen LogP contribution in [0.5, 0.6) is 11.6 Å². The second kappa shape index (κ2) is 9.68. The zero-order valence-electron chi connectivity index (χ0n) is 18.4. The molecule has 1 aromatic carbocycles. The Morgan fingerprint density at radius 1 is 1.06 bits per heavy atom. The molecule has 10 heteroatoms. The number of aromatic nitrogens is 3. The van der Waals surface area contributed by atoms with Crippen LogP contribution < -0.4 is 20.7 Å². The van der Waals surface area contributed by atoms with Gasteiger partial charge >= 0.3 is 0 Å². The van der Waals surface area contributed by atoms with Crippen molar-refractivity contribution < 1.29 is 18.3 Å². The van der Waals surface area contributed by atoms with E-state index in [0.29, 0.717) is 17.2 Å². The summed E-state index contributed by atoms with van der Waals surface area (Å²) in [5, 5.41) is 9.08. The lowest BCUT2D eigenvalue weighted by Gasteiger charge is -2.23. The highest BCUT2D eigenvalue weighted by Gasteiger charge is 2.30. The van der Waals surface area contributed by atoms with Gasteiger partial charge in [0.25, 0.3) is 0 Å². The SMILES string of the molecule is O=C(Nc1ccc(Oc2ncccc2-c2ccnc(N[C@H]3CCCNC3)n2)c(F)c1F)C1CC1. The first-order valence-electron chi connectivity index (χ1n) is 11.3. The summed E-state index contributed by atoms with van der Waals surface area (Å²) < 4.78 is 35.0. The number of pyridine rings is 1. The predicted molar refractivity (Wildman–Crippen MR) is 123 cm³/mol. The van der Waals surface area contributed by atoms with Gasteiger partial charge in [0, 0.05) is 30.9 Å². The van der Waals surface area contributed by atoms with Crippen molar-refractivity contribution >= 4 is 17.5 Å². The van der Waals surface area contributed by atoms with Crippen molar-refractivity contribution in [2.45, 2.75) is 31.7 Å². The fourth-order valence-electron chi connectivity index (χ4n) is 3.79. The smallest absolute Gasteiger partial charge is 0.228 e. The van der Waals surface area contributed by atoms with Crippen LogP contribution in [0.1, 0.15) is 25.7 Å². The standard InChI is InChI=1S/C24H24F2N6O2/c25-20-18(31-22(33)14-5-6-14)7-8-19(21(20)26)34-23-16(4-2-11-28-23)17-9-12-29-24(32-17)30-15-3-1-10-27-13-15/h2,4,7-9,11-12,14-15,27H,1,3,5-6,10,13H2,(H,31,33)(H,29,30,32)/t15-/m0/s1. The van der Waals surface area contributed by atoms with E-state index in [-0.39, 0.29) is 35.2 Å². The maximum Gasteiger partial charge on any atom is 0.228 e. The normalized spacial score (nSPS) is 17.8. The molecule has 2 aliphatic rings. The summed E-state index contributed by atoms with van der Waals surface area (Å²) in [5.41, 5.74) is 0.811. The lowest BCUT2D eigenvalue weighted by atomic mass is 10.1. The second-order valence-corrected chi connectivity index (χ2v) is 8.41. The number of carbonyl (C=O) groups excluding carboxylic acids is 1. The molecule has 34 heavy (non-hydrogen) atoms. The molecule has 2 fully saturated rings. The van der Waals surface area contributed by atoms with Crippen LogP contribution in [0.25, 0.3) is 11.3 Å². The molecule has 1 amide bonds. The van der Waals surface area contributed by atoms with E-state index < -0.39 is 11.6 Å². The molecule has 1 aliphatic carbocycles. The van der Waals surface area contributed by atoms with Gasteiger partial charge in [-0.25, -0.2) is 19.3 Å². The van der Waals surface area contributed by atoms with Crippen LogP contribution in [0.15, 0.2) is 42.7 Å². The number of hydrogen-bond acceptors (Lipinski definition) is 7. The van der Waals surface area contributed by atoms with Crippen molar-refractivity contribution in [2.75, 3.05) is 23.7 Å². The second-order valence-electron chi connectivity index (χ2n) is 8.41. The Bertz CT molecular complexity index is 1200. The average Bonchev–Trinajstić information content (AvgIpc) is 3.71. The Kier molecular flexibility index (Phi) is 6.31. The number of nitrogens with one attached hydrogen (secondary N) is 3. The van der Waals surface area contributed by atoms with Crippen LogP contribution in [0.3, 0.4) is 0 Å². The monoisotopic (exact) mass is 466 g/mol. The zero-order chi connectivity index (χ0) is 23.5. The fourth-order valence-corrected chi connectivity index (χ4v) is 3.79. The van der Waals surface area contributed by atoms with Crippen LogP contribution in [-0.4, -0.2) is 40.0 Å². The van der Waals surface area contributed by atoms with Gasteiger partial charge in [-0.05, 0) is 62.6 Å². The first kappa shape index (κ1) is 22.1. The number of halogens is 2. The first-order valence-corrected chi connectivity index (χ1v) is 11.3. The summed E-state index contributed by atoms with van der Waals surface area (Å²) >= 11 is 0. The number of amides is 1. The summed E-state index contributed by atoms with van der Waals surface area (Å²) in [6, 6.07) is 7.90. The van der Waals surface area contributed by atoms with Crippen molar-refractivity contribution in [3.8, 4) is 22.9 Å². The lowest BCUT2D eigenvalue weighted by molar-refractivity contribution is -0.117. The van der Waals surface area contributed by atoms with Crippen LogP contribution in [0.2, 0.25) is 0 Å². The van der Waals surface area contributed by atoms with Crippen LogP contribution in [-0.2, 0) is 4.79 Å². The average molecular weight is 466 g/mol. The summed E-state index contributed by atoms with van der Waals surface area (Å²) in [4.78, 5) is 25.0. The Labute approximate surface area is 195 Å². The molecule has 0 spiro atoms. The Hall–Kier alpha value is -3.66. The summed E-state index contributed by atoms with van der Waals surface area (Å²) in [6.07, 6.45) is 6.72. The summed E-state index contributed by atoms with van der Waals surface area (Å²) in [5.74, 6) is -2.64. The number of hydrogen-bond donors (Lipinski definition) is 3. The number of anilines is 2. The van der Waals surface area contributed by atoms with Crippen molar-refractivity contribution in [3.63, 3.8) is 0 Å². The molecular formula is C24H24F2N6O2. The molecule has 176 valence electrons. The fraction of sp³-hybridized carbons (Fsp3) is 0.333. The first-order chi connectivity index (χ1) is 16.6. The van der Waals surface area contributed by atoms with Gasteiger partial charge in [-0.2, -0.15) is 4.39 Å². The summed E-state index contributed by atoms with van der Waals surface area (Å²) in [7, 11) is 0. The predicted octanol–water partition coefficient (Wildman–Crippen LogP) is 4.12. The lowest BCUT2D eigenvalue weighted by Crippen LogP contribution is -2.38. The van der Waals surface area contributed by atoms with Gasteiger partial charge in [-0.3, -0.25) is 4.79 Å². The van der Waals surface area contributed by atoms with Gasteiger partial charge < -0.3 is 20.7 Å². The number of rotatable bonds is 7. The molecule has 3 aromatic rings. The van der Waals surface area contributed by atoms with E-state index in [1.54, 1.807) is 24.4 Å². The molecule has 0 bridgehead atoms. The van der Waals surface area contributed by atoms with Crippen molar-refractivity contribution in [3.05, 3.63) is 54.4 Å². The molecule has 2 aromatic heterocycles. The quantitative estimate of drug-likeness (QED) is 0.482. The minimum atomic E-state index is -1.21. The Balaban J connectivity index is 1.37. The van der Waals surface area contributed by atoms with E-state index in [1.807, 2.05) is 0 Å². The number of carbonyl (C=O) groups is 1. The van der Waals surface area contributed by atoms with E-state index in [0.717, 1.165) is 38.8 Å². The highest BCUT2D eigenvalue weighted by Crippen LogP contribution is 2.35. The molecule has 5 rings (SSSR count). The molecule has 3 heterocycles. The largest absolute Gasteiger partial charge is 0.435 e. The Morgan fingerprint density at radius 3 is 2.74 bits per heavy atom. The molecule has 0 radical (unpaired) electrons. The molecule has 1 aliphatic heterocycles. The molecule has 8 nitrogen and oxygen atoms in total. The minimum Gasteiger partial charge on any atom is -0.435 e. The molecule has 1 saturated carbocycles. The van der Waals surface area contributed by atoms with E-state index in [9.17, 15) is 13.6 Å². The van der Waals surface area contributed by atoms with E-state index >= 15 is 0 Å². The number of ether oxygens (including phenoxy) is 1. The van der Waals surface area contributed by atoms with Crippen LogP contribution in [0, 0.1) is 17.6 Å². The highest BCUT2D eigenvalue weighted by molar-refractivity contribution is 5.94. The molecule has 0 unspecified atom stereocenters. The van der Waals surface area contributed by atoms with Gasteiger partial charge in [0.2, 0.25) is 23.6 Å². The third-order valence-electron chi connectivity index (χ3n) is 5.79. The molecule has 1 saturated heterocycles. The maximum atomic E-state index is 14.8. The molecule has 3 N–H and O–H groups in total. The Morgan fingerprint density at radius 2 is 1.94 bits per heavy atom. The molecule has 1 atom stereocenters. The topological polar surface area (TPSA) is 101 Å².